The molecule has 2 rings (SSSR count). The maximum atomic E-state index is 11.5. The predicted octanol–water partition coefficient (Wildman–Crippen LogP) is 0.968. The van der Waals surface area contributed by atoms with Gasteiger partial charge in [0, 0.05) is 12.1 Å². The first-order chi connectivity index (χ1) is 9.19. The number of rotatable bonds is 4. The average Bonchev–Trinajstić information content (AvgIpc) is 2.44. The molecule has 1 aliphatic heterocycles. The highest BCUT2D eigenvalue weighted by Gasteiger charge is 2.10. The summed E-state index contributed by atoms with van der Waals surface area (Å²) in [6.45, 7) is 2.75. The molecule has 1 heterocycles. The number of amides is 1. The van der Waals surface area contributed by atoms with Crippen molar-refractivity contribution in [3.63, 3.8) is 0 Å². The van der Waals surface area contributed by atoms with E-state index in [0.29, 0.717) is 19.0 Å². The molecule has 5 nitrogen and oxygen atoms in total. The Morgan fingerprint density at radius 3 is 2.89 bits per heavy atom. The summed E-state index contributed by atoms with van der Waals surface area (Å²) in [4.78, 5) is 11.5. The van der Waals surface area contributed by atoms with Crippen LogP contribution in [0, 0.1) is 0 Å². The van der Waals surface area contributed by atoms with Crippen molar-refractivity contribution < 1.29 is 19.4 Å². The van der Waals surface area contributed by atoms with Crippen molar-refractivity contribution in [1.82, 2.24) is 5.32 Å². The van der Waals surface area contributed by atoms with E-state index >= 15 is 0 Å². The zero-order valence-corrected chi connectivity index (χ0v) is 10.8. The smallest absolute Gasteiger partial charge is 0.244 e. The summed E-state index contributed by atoms with van der Waals surface area (Å²) in [5.41, 5.74) is 0.857. The molecule has 1 unspecified atom stereocenters. The molecule has 0 radical (unpaired) electrons. The fourth-order valence-electron chi connectivity index (χ4n) is 1.67. The van der Waals surface area contributed by atoms with E-state index in [9.17, 15) is 4.79 Å². The van der Waals surface area contributed by atoms with E-state index < -0.39 is 0 Å². The molecule has 1 aliphatic rings. The second kappa shape index (κ2) is 6.24. The summed E-state index contributed by atoms with van der Waals surface area (Å²) < 4.78 is 10.9. The maximum absolute atomic E-state index is 11.5. The third kappa shape index (κ3) is 3.72. The molecule has 0 fully saturated rings. The van der Waals surface area contributed by atoms with Gasteiger partial charge >= 0.3 is 0 Å². The second-order valence-corrected chi connectivity index (χ2v) is 4.33. The Hall–Kier alpha value is -2.01. The first kappa shape index (κ1) is 13.4. The molecule has 0 aromatic heterocycles. The zero-order chi connectivity index (χ0) is 13.7. The van der Waals surface area contributed by atoms with Gasteiger partial charge in [0.15, 0.2) is 11.5 Å². The third-order valence-electron chi connectivity index (χ3n) is 2.66. The number of fused-ring (bicyclic) bond motifs is 1. The van der Waals surface area contributed by atoms with Crippen molar-refractivity contribution in [2.45, 2.75) is 13.0 Å². The lowest BCUT2D eigenvalue weighted by Crippen LogP contribution is -2.33. The summed E-state index contributed by atoms with van der Waals surface area (Å²) in [6.07, 6.45) is 3.12. The fourth-order valence-corrected chi connectivity index (χ4v) is 1.67. The maximum Gasteiger partial charge on any atom is 0.244 e. The SMILES string of the molecule is CC(CO)NC(=O)/C=C/c1ccc2c(c1)OCCO2. The van der Waals surface area contributed by atoms with E-state index in [1.807, 2.05) is 18.2 Å². The number of carbonyl (C=O) groups excluding carboxylic acids is 1. The largest absolute Gasteiger partial charge is 0.486 e. The van der Waals surface area contributed by atoms with Crippen LogP contribution in [0.15, 0.2) is 24.3 Å². The lowest BCUT2D eigenvalue weighted by molar-refractivity contribution is -0.117. The molecule has 0 spiro atoms. The number of hydrogen-bond donors (Lipinski definition) is 2. The van der Waals surface area contributed by atoms with Crippen molar-refractivity contribution in [3.8, 4) is 11.5 Å². The number of carbonyl (C=O) groups is 1. The second-order valence-electron chi connectivity index (χ2n) is 4.33. The molecule has 0 saturated carbocycles. The Kier molecular flexibility index (Phi) is 4.41. The van der Waals surface area contributed by atoms with Crippen LogP contribution >= 0.6 is 0 Å². The van der Waals surface area contributed by atoms with Gasteiger partial charge in [-0.25, -0.2) is 0 Å². The number of aliphatic hydroxyl groups excluding tert-OH is 1. The summed E-state index contributed by atoms with van der Waals surface area (Å²) in [5, 5.41) is 11.5. The quantitative estimate of drug-likeness (QED) is 0.794. The van der Waals surface area contributed by atoms with Gasteiger partial charge in [-0.1, -0.05) is 6.07 Å². The molecule has 0 bridgehead atoms. The summed E-state index contributed by atoms with van der Waals surface area (Å²) in [7, 11) is 0. The van der Waals surface area contributed by atoms with Crippen LogP contribution in [0.25, 0.3) is 6.08 Å². The van der Waals surface area contributed by atoms with Crippen molar-refractivity contribution in [2.75, 3.05) is 19.8 Å². The summed E-state index contributed by atoms with van der Waals surface area (Å²) >= 11 is 0. The standard InChI is InChI=1S/C14H17NO4/c1-10(9-16)15-14(17)5-3-11-2-4-12-13(8-11)19-7-6-18-12/h2-5,8,10,16H,6-7,9H2,1H3,(H,15,17)/b5-3+. The van der Waals surface area contributed by atoms with Gasteiger partial charge in [0.25, 0.3) is 0 Å². The molecule has 1 amide bonds. The number of nitrogens with one attached hydrogen (secondary N) is 1. The average molecular weight is 263 g/mol. The van der Waals surface area contributed by atoms with Gasteiger partial charge in [-0.2, -0.15) is 0 Å². The number of aliphatic hydroxyl groups is 1. The van der Waals surface area contributed by atoms with Gasteiger partial charge in [0.1, 0.15) is 13.2 Å². The summed E-state index contributed by atoms with van der Waals surface area (Å²) in [6, 6.07) is 5.25. The van der Waals surface area contributed by atoms with Crippen molar-refractivity contribution in [2.24, 2.45) is 0 Å². The van der Waals surface area contributed by atoms with E-state index in [1.54, 1.807) is 13.0 Å². The first-order valence-corrected chi connectivity index (χ1v) is 6.18. The van der Waals surface area contributed by atoms with E-state index in [4.69, 9.17) is 14.6 Å². The van der Waals surface area contributed by atoms with E-state index in [-0.39, 0.29) is 18.6 Å². The third-order valence-corrected chi connectivity index (χ3v) is 2.66. The molecule has 19 heavy (non-hydrogen) atoms. The van der Waals surface area contributed by atoms with E-state index in [1.165, 1.54) is 6.08 Å². The van der Waals surface area contributed by atoms with Crippen LogP contribution in [0.1, 0.15) is 12.5 Å². The molecule has 5 heteroatoms. The molecule has 0 saturated heterocycles. The van der Waals surface area contributed by atoms with E-state index in [0.717, 1.165) is 11.3 Å². The van der Waals surface area contributed by atoms with Gasteiger partial charge in [0.05, 0.1) is 6.61 Å². The van der Waals surface area contributed by atoms with E-state index in [2.05, 4.69) is 5.32 Å². The number of benzene rings is 1. The topological polar surface area (TPSA) is 67.8 Å². The minimum absolute atomic E-state index is 0.0798. The minimum Gasteiger partial charge on any atom is -0.486 e. The van der Waals surface area contributed by atoms with Crippen LogP contribution < -0.4 is 14.8 Å². The molecule has 102 valence electrons. The van der Waals surface area contributed by atoms with Gasteiger partial charge < -0.3 is 19.9 Å². The van der Waals surface area contributed by atoms with Crippen LogP contribution in [-0.2, 0) is 4.79 Å². The van der Waals surface area contributed by atoms with Crippen LogP contribution in [0.2, 0.25) is 0 Å². The van der Waals surface area contributed by atoms with Crippen LogP contribution in [0.5, 0.6) is 11.5 Å². The molecular weight excluding hydrogens is 246 g/mol. The van der Waals surface area contributed by atoms with Crippen LogP contribution in [0.3, 0.4) is 0 Å². The first-order valence-electron chi connectivity index (χ1n) is 6.18. The lowest BCUT2D eigenvalue weighted by Gasteiger charge is -2.18. The van der Waals surface area contributed by atoms with Gasteiger partial charge in [0.2, 0.25) is 5.91 Å². The number of hydrogen-bond acceptors (Lipinski definition) is 4. The molecule has 0 aliphatic carbocycles. The van der Waals surface area contributed by atoms with Gasteiger partial charge in [-0.3, -0.25) is 4.79 Å². The molecule has 1 aromatic carbocycles. The molecule has 2 N–H and O–H groups in total. The Morgan fingerprint density at radius 1 is 1.42 bits per heavy atom. The van der Waals surface area contributed by atoms with Crippen molar-refractivity contribution in [1.29, 1.82) is 0 Å². The summed E-state index contributed by atoms with van der Waals surface area (Å²) in [5.74, 6) is 1.18. The van der Waals surface area contributed by atoms with Crippen LogP contribution in [0.4, 0.5) is 0 Å². The monoisotopic (exact) mass is 263 g/mol. The predicted molar refractivity (Wildman–Crippen MR) is 71.2 cm³/mol. The molecule has 1 aromatic rings. The van der Waals surface area contributed by atoms with Crippen LogP contribution in [-0.4, -0.2) is 36.9 Å². The van der Waals surface area contributed by atoms with Gasteiger partial charge in [-0.15, -0.1) is 0 Å². The Bertz CT molecular complexity index is 484. The Morgan fingerprint density at radius 2 is 2.16 bits per heavy atom. The minimum atomic E-state index is -0.252. The fraction of sp³-hybridized carbons (Fsp3) is 0.357. The Labute approximate surface area is 111 Å². The highest BCUT2D eigenvalue weighted by Crippen LogP contribution is 2.30. The zero-order valence-electron chi connectivity index (χ0n) is 10.8. The lowest BCUT2D eigenvalue weighted by atomic mass is 10.2. The highest BCUT2D eigenvalue weighted by molar-refractivity contribution is 5.92. The van der Waals surface area contributed by atoms with Crippen molar-refractivity contribution >= 4 is 12.0 Å². The van der Waals surface area contributed by atoms with Crippen molar-refractivity contribution in [3.05, 3.63) is 29.8 Å². The Balaban J connectivity index is 2.00. The molecular formula is C14H17NO4. The number of ether oxygens (including phenoxy) is 2. The molecule has 1 atom stereocenters. The highest BCUT2D eigenvalue weighted by atomic mass is 16.6. The van der Waals surface area contributed by atoms with Gasteiger partial charge in [-0.05, 0) is 30.7 Å². The normalized spacial score (nSPS) is 15.3.